The second-order valence-electron chi connectivity index (χ2n) is 7.61. The van der Waals surface area contributed by atoms with Gasteiger partial charge in [0, 0.05) is 17.7 Å². The molecule has 3 heterocycles. The topological polar surface area (TPSA) is 130 Å². The van der Waals surface area contributed by atoms with Gasteiger partial charge in [-0.3, -0.25) is 9.59 Å². The van der Waals surface area contributed by atoms with E-state index in [1.807, 2.05) is 6.07 Å². The minimum Gasteiger partial charge on any atom is -0.493 e. The molecule has 0 bridgehead atoms. The molecule has 0 aliphatic carbocycles. The Balaban J connectivity index is 1.26. The molecule has 0 radical (unpaired) electrons. The van der Waals surface area contributed by atoms with E-state index in [1.165, 1.54) is 6.07 Å². The molecule has 1 amide bonds. The molecule has 0 aliphatic rings. The molecule has 0 unspecified atom stereocenters. The molecule has 3 aromatic heterocycles. The summed E-state index contributed by atoms with van der Waals surface area (Å²) in [6.45, 7) is 0.301. The van der Waals surface area contributed by atoms with Gasteiger partial charge in [-0.05, 0) is 36.4 Å². The number of nitrogens with zero attached hydrogens (tertiary/aromatic N) is 4. The van der Waals surface area contributed by atoms with Gasteiger partial charge < -0.3 is 23.9 Å². The summed E-state index contributed by atoms with van der Waals surface area (Å²) in [6.07, 6.45) is 0. The van der Waals surface area contributed by atoms with Crippen molar-refractivity contribution in [1.29, 1.82) is 0 Å². The lowest BCUT2D eigenvalue weighted by atomic mass is 10.2. The Morgan fingerprint density at radius 2 is 1.83 bits per heavy atom. The van der Waals surface area contributed by atoms with Gasteiger partial charge in [-0.2, -0.15) is 4.52 Å². The van der Waals surface area contributed by atoms with Gasteiger partial charge in [-0.15, -0.1) is 15.3 Å². The van der Waals surface area contributed by atoms with Crippen LogP contribution in [0.3, 0.4) is 0 Å². The van der Waals surface area contributed by atoms with Crippen molar-refractivity contribution in [2.45, 2.75) is 0 Å². The normalized spacial score (nSPS) is 10.9. The lowest BCUT2D eigenvalue weighted by Crippen LogP contribution is -2.29. The largest absolute Gasteiger partial charge is 0.493 e. The summed E-state index contributed by atoms with van der Waals surface area (Å²) in [5.41, 5.74) is 1.33. The number of hydrogen-bond donors (Lipinski definition) is 1. The number of fused-ring (bicyclic) bond motifs is 2. The molecule has 2 aromatic carbocycles. The maximum Gasteiger partial charge on any atom is 0.287 e. The van der Waals surface area contributed by atoms with Crippen molar-refractivity contribution in [2.24, 2.45) is 0 Å². The Morgan fingerprint density at radius 1 is 1.00 bits per heavy atom. The number of ether oxygens (including phenoxy) is 3. The Bertz CT molecular complexity index is 1630. The molecule has 36 heavy (non-hydrogen) atoms. The lowest BCUT2D eigenvalue weighted by molar-refractivity contribution is 0.0919. The molecule has 0 spiro atoms. The number of nitrogens with one attached hydrogen (secondary N) is 1. The Labute approximate surface area is 204 Å². The fourth-order valence-corrected chi connectivity index (χ4v) is 3.63. The number of hydrogen-bond acceptors (Lipinski definition) is 9. The zero-order valence-corrected chi connectivity index (χ0v) is 19.4. The van der Waals surface area contributed by atoms with Gasteiger partial charge in [-0.1, -0.05) is 12.1 Å². The monoisotopic (exact) mass is 487 g/mol. The second-order valence-corrected chi connectivity index (χ2v) is 7.61. The molecule has 11 heteroatoms. The van der Waals surface area contributed by atoms with Crippen molar-refractivity contribution >= 4 is 22.5 Å². The summed E-state index contributed by atoms with van der Waals surface area (Å²) in [7, 11) is 3.12. The SMILES string of the molecule is COc1ccc(-c2nnc3ccc(OCCNC(=O)c4cc(=O)c5ccccc5o4)nn23)cc1OC. The van der Waals surface area contributed by atoms with E-state index in [-0.39, 0.29) is 24.3 Å². The molecule has 0 atom stereocenters. The lowest BCUT2D eigenvalue weighted by Gasteiger charge is -2.09. The van der Waals surface area contributed by atoms with Gasteiger partial charge in [0.15, 0.2) is 34.2 Å². The summed E-state index contributed by atoms with van der Waals surface area (Å²) >= 11 is 0. The first kappa shape index (κ1) is 22.8. The maximum absolute atomic E-state index is 12.4. The van der Waals surface area contributed by atoms with Crippen molar-refractivity contribution in [1.82, 2.24) is 25.1 Å². The minimum atomic E-state index is -0.514. The van der Waals surface area contributed by atoms with Gasteiger partial charge in [0.1, 0.15) is 12.2 Å². The molecule has 11 nitrogen and oxygen atoms in total. The zero-order valence-electron chi connectivity index (χ0n) is 19.4. The summed E-state index contributed by atoms with van der Waals surface area (Å²) in [4.78, 5) is 24.6. The van der Waals surface area contributed by atoms with Crippen LogP contribution in [-0.4, -0.2) is 53.1 Å². The molecule has 1 N–H and O–H groups in total. The highest BCUT2D eigenvalue weighted by atomic mass is 16.5. The van der Waals surface area contributed by atoms with E-state index in [9.17, 15) is 9.59 Å². The Hall–Kier alpha value is -4.93. The van der Waals surface area contributed by atoms with Crippen LogP contribution >= 0.6 is 0 Å². The highest BCUT2D eigenvalue weighted by Crippen LogP contribution is 2.31. The predicted octanol–water partition coefficient (Wildman–Crippen LogP) is 2.72. The fraction of sp³-hybridized carbons (Fsp3) is 0.160. The number of rotatable bonds is 8. The molecular formula is C25H21N5O6. The van der Waals surface area contributed by atoms with Crippen LogP contribution in [0, 0.1) is 0 Å². The molecule has 0 aliphatic heterocycles. The number of carbonyl (C=O) groups excluding carboxylic acids is 1. The number of para-hydroxylation sites is 1. The van der Waals surface area contributed by atoms with Gasteiger partial charge in [0.05, 0.1) is 26.2 Å². The number of methoxy groups -OCH3 is 2. The molecular weight excluding hydrogens is 466 g/mol. The number of benzene rings is 2. The maximum atomic E-state index is 12.4. The number of carbonyl (C=O) groups is 1. The smallest absolute Gasteiger partial charge is 0.287 e. The van der Waals surface area contributed by atoms with E-state index in [0.29, 0.717) is 39.8 Å². The number of aromatic nitrogens is 4. The van der Waals surface area contributed by atoms with Crippen molar-refractivity contribution in [3.63, 3.8) is 0 Å². The Morgan fingerprint density at radius 3 is 2.67 bits per heavy atom. The highest BCUT2D eigenvalue weighted by Gasteiger charge is 2.14. The van der Waals surface area contributed by atoms with Crippen LogP contribution < -0.4 is 25.0 Å². The van der Waals surface area contributed by atoms with E-state index in [2.05, 4.69) is 20.6 Å². The van der Waals surface area contributed by atoms with E-state index in [4.69, 9.17) is 18.6 Å². The van der Waals surface area contributed by atoms with Crippen molar-refractivity contribution in [2.75, 3.05) is 27.4 Å². The predicted molar refractivity (Wildman–Crippen MR) is 130 cm³/mol. The van der Waals surface area contributed by atoms with E-state index in [0.717, 1.165) is 5.56 Å². The summed E-state index contributed by atoms with van der Waals surface area (Å²) in [5, 5.41) is 15.9. The van der Waals surface area contributed by atoms with Crippen LogP contribution in [0.1, 0.15) is 10.6 Å². The molecule has 0 saturated heterocycles. The molecule has 0 fully saturated rings. The van der Waals surface area contributed by atoms with Crippen LogP contribution in [0.15, 0.2) is 69.9 Å². The zero-order chi connectivity index (χ0) is 25.1. The standard InChI is InChI=1S/C25H21N5O6/c1-33-19-8-7-15(13-20(19)34-2)24-28-27-22-9-10-23(29-30(22)24)35-12-11-26-25(32)21-14-17(31)16-5-3-4-6-18(16)36-21/h3-10,13-14H,11-12H2,1-2H3,(H,26,32). The summed E-state index contributed by atoms with van der Waals surface area (Å²) in [6, 6.07) is 16.7. The van der Waals surface area contributed by atoms with Crippen molar-refractivity contribution < 1.29 is 23.4 Å². The van der Waals surface area contributed by atoms with Gasteiger partial charge in [0.2, 0.25) is 5.88 Å². The van der Waals surface area contributed by atoms with Crippen LogP contribution in [0.25, 0.3) is 28.0 Å². The minimum absolute atomic E-state index is 0.0673. The first-order valence-corrected chi connectivity index (χ1v) is 11.0. The van der Waals surface area contributed by atoms with E-state index >= 15 is 0 Å². The van der Waals surface area contributed by atoms with Crippen LogP contribution in [0.4, 0.5) is 0 Å². The molecule has 5 aromatic rings. The third-order valence-electron chi connectivity index (χ3n) is 5.38. The van der Waals surface area contributed by atoms with E-state index < -0.39 is 5.91 Å². The van der Waals surface area contributed by atoms with Crippen LogP contribution in [0.5, 0.6) is 17.4 Å². The number of amides is 1. The quantitative estimate of drug-likeness (QED) is 0.328. The van der Waals surface area contributed by atoms with Crippen LogP contribution in [0.2, 0.25) is 0 Å². The first-order chi connectivity index (χ1) is 17.6. The van der Waals surface area contributed by atoms with E-state index in [1.54, 1.807) is 67.3 Å². The molecule has 182 valence electrons. The third kappa shape index (κ3) is 4.41. The average molecular weight is 487 g/mol. The van der Waals surface area contributed by atoms with Gasteiger partial charge in [0.25, 0.3) is 5.91 Å². The second kappa shape index (κ2) is 9.74. The average Bonchev–Trinajstić information content (AvgIpc) is 3.34. The summed E-state index contributed by atoms with van der Waals surface area (Å²) < 4.78 is 23.5. The van der Waals surface area contributed by atoms with Crippen LogP contribution in [-0.2, 0) is 0 Å². The van der Waals surface area contributed by atoms with Crippen molar-refractivity contribution in [3.05, 3.63) is 76.6 Å². The van der Waals surface area contributed by atoms with Crippen molar-refractivity contribution in [3.8, 4) is 28.8 Å². The third-order valence-corrected chi connectivity index (χ3v) is 5.38. The molecule has 0 saturated carbocycles. The Kier molecular flexibility index (Phi) is 6.18. The highest BCUT2D eigenvalue weighted by molar-refractivity contribution is 5.93. The summed E-state index contributed by atoms with van der Waals surface area (Å²) in [5.74, 6) is 1.38. The van der Waals surface area contributed by atoms with Gasteiger partial charge >= 0.3 is 0 Å². The van der Waals surface area contributed by atoms with Gasteiger partial charge in [-0.25, -0.2) is 0 Å². The fourth-order valence-electron chi connectivity index (χ4n) is 3.63. The molecule has 5 rings (SSSR count). The first-order valence-electron chi connectivity index (χ1n) is 11.0.